The summed E-state index contributed by atoms with van der Waals surface area (Å²) in [5.74, 6) is -5.04. The molecule has 4 rings (SSSR count). The first-order valence-electron chi connectivity index (χ1n) is 15.8. The minimum absolute atomic E-state index is 0.0281. The Morgan fingerprint density at radius 1 is 0.812 bits per heavy atom. The second kappa shape index (κ2) is 13.8. The van der Waals surface area contributed by atoms with Gasteiger partial charge in [-0.2, -0.15) is 0 Å². The van der Waals surface area contributed by atoms with Gasteiger partial charge in [-0.05, 0) is 60.8 Å². The summed E-state index contributed by atoms with van der Waals surface area (Å²) in [6.07, 6.45) is 1.54. The number of amides is 1. The molecule has 5 N–H and O–H groups in total. The number of fused-ring (bicyclic) bond motifs is 2. The molecule has 1 aliphatic carbocycles. The second-order valence-electron chi connectivity index (χ2n) is 12.4. The van der Waals surface area contributed by atoms with Crippen LogP contribution in [0.3, 0.4) is 0 Å². The lowest BCUT2D eigenvalue weighted by Crippen LogP contribution is -2.34. The zero-order valence-electron chi connectivity index (χ0n) is 28.3. The molecule has 0 bridgehead atoms. The van der Waals surface area contributed by atoms with E-state index < -0.39 is 52.5 Å². The molecule has 0 aliphatic heterocycles. The Balaban J connectivity index is 2.32. The maximum atomic E-state index is 13.5. The summed E-state index contributed by atoms with van der Waals surface area (Å²) in [6, 6.07) is 3.30. The van der Waals surface area contributed by atoms with Gasteiger partial charge >= 0.3 is 12.1 Å². The van der Waals surface area contributed by atoms with Crippen LogP contribution in [0, 0.1) is 30.2 Å². The van der Waals surface area contributed by atoms with Gasteiger partial charge in [-0.3, -0.25) is 14.4 Å². The van der Waals surface area contributed by atoms with E-state index in [9.17, 15) is 39.6 Å². The van der Waals surface area contributed by atoms with Crippen LogP contribution in [0.5, 0.6) is 23.0 Å². The van der Waals surface area contributed by atoms with Crippen LogP contribution >= 0.6 is 0 Å². The van der Waals surface area contributed by atoms with Gasteiger partial charge in [0.25, 0.3) is 0 Å². The lowest BCUT2D eigenvalue weighted by Gasteiger charge is -2.22. The third kappa shape index (κ3) is 6.08. The number of alkyl carbamates (subject to hydrolysis) is 1. The highest BCUT2D eigenvalue weighted by Crippen LogP contribution is 2.42. The second-order valence-corrected chi connectivity index (χ2v) is 12.4. The molecule has 0 fully saturated rings. The fourth-order valence-corrected chi connectivity index (χ4v) is 6.25. The van der Waals surface area contributed by atoms with Gasteiger partial charge in [0.05, 0.1) is 10.8 Å². The number of esters is 1. The Kier molecular flexibility index (Phi) is 10.2. The van der Waals surface area contributed by atoms with Crippen LogP contribution in [0.4, 0.5) is 4.79 Å². The number of nitrogens with one attached hydrogen (secondary N) is 1. The van der Waals surface area contributed by atoms with Crippen LogP contribution in [0.1, 0.15) is 82.6 Å². The van der Waals surface area contributed by atoms with E-state index in [1.165, 1.54) is 0 Å². The molecule has 0 aromatic heterocycles. The van der Waals surface area contributed by atoms with Crippen LogP contribution in [0.15, 0.2) is 18.4 Å². The minimum atomic E-state index is -0.957. The predicted octanol–water partition coefficient (Wildman–Crippen LogP) is 4.82. The quantitative estimate of drug-likeness (QED) is 0.0776. The molecule has 0 spiro atoms. The number of aromatic hydroxyl groups is 4. The number of Topliss-reactive ketones (excluding diaryl/α,β-unsaturated/α-hetero) is 2. The Hall–Kier alpha value is -5.32. The highest BCUT2D eigenvalue weighted by Gasteiger charge is 2.35. The lowest BCUT2D eigenvalue weighted by atomic mass is 9.81. The van der Waals surface area contributed by atoms with E-state index in [0.29, 0.717) is 28.5 Å². The molecule has 0 unspecified atom stereocenters. The van der Waals surface area contributed by atoms with Crippen molar-refractivity contribution < 1.29 is 49.1 Å². The maximum Gasteiger partial charge on any atom is 0.412 e. The first-order valence-corrected chi connectivity index (χ1v) is 15.8. The van der Waals surface area contributed by atoms with Gasteiger partial charge in [0.15, 0.2) is 11.5 Å². The van der Waals surface area contributed by atoms with Crippen molar-refractivity contribution in [3.05, 3.63) is 61.5 Å². The van der Waals surface area contributed by atoms with Crippen LogP contribution in [-0.4, -0.2) is 50.6 Å². The largest absolute Gasteiger partial charge is 0.507 e. The van der Waals surface area contributed by atoms with E-state index >= 15 is 0 Å². The number of carbonyl (C=O) groups is 4. The molecular formula is C37H41NO10. The van der Waals surface area contributed by atoms with Crippen LogP contribution in [0.2, 0.25) is 0 Å². The Labute approximate surface area is 277 Å². The molecule has 1 aliphatic rings. The Morgan fingerprint density at radius 2 is 1.44 bits per heavy atom. The van der Waals surface area contributed by atoms with Gasteiger partial charge < -0.3 is 35.2 Å². The van der Waals surface area contributed by atoms with Crippen molar-refractivity contribution >= 4 is 51.8 Å². The van der Waals surface area contributed by atoms with Gasteiger partial charge in [-0.1, -0.05) is 46.8 Å². The van der Waals surface area contributed by atoms with Gasteiger partial charge in [0.1, 0.15) is 24.0 Å². The number of allylic oxidation sites excluding steroid dienone is 1. The van der Waals surface area contributed by atoms with E-state index in [0.717, 1.165) is 12.5 Å². The predicted molar refractivity (Wildman–Crippen MR) is 179 cm³/mol. The van der Waals surface area contributed by atoms with E-state index in [1.54, 1.807) is 67.5 Å². The normalized spacial score (nSPS) is 15.1. The first-order chi connectivity index (χ1) is 22.6. The van der Waals surface area contributed by atoms with Crippen molar-refractivity contribution in [1.29, 1.82) is 0 Å². The van der Waals surface area contributed by atoms with Crippen LogP contribution in [-0.2, 0) is 23.9 Å². The van der Waals surface area contributed by atoms with Crippen molar-refractivity contribution in [1.82, 2.24) is 5.32 Å². The molecule has 0 radical (unpaired) electrons. The summed E-state index contributed by atoms with van der Waals surface area (Å²) in [7, 11) is 0. The monoisotopic (exact) mass is 659 g/mol. The zero-order valence-corrected chi connectivity index (χ0v) is 28.3. The first kappa shape index (κ1) is 35.5. The summed E-state index contributed by atoms with van der Waals surface area (Å²) >= 11 is 0. The topological polar surface area (TPSA) is 180 Å². The number of benzene rings is 3. The highest BCUT2D eigenvalue weighted by atomic mass is 16.5. The third-order valence-electron chi connectivity index (χ3n) is 8.32. The van der Waals surface area contributed by atoms with Crippen molar-refractivity contribution in [2.24, 2.45) is 5.92 Å². The lowest BCUT2D eigenvalue weighted by molar-refractivity contribution is -0.138. The summed E-state index contributed by atoms with van der Waals surface area (Å²) in [4.78, 5) is 51.2. The van der Waals surface area contributed by atoms with Gasteiger partial charge in [0, 0.05) is 45.5 Å². The zero-order chi connectivity index (χ0) is 35.8. The number of ketones is 2. The third-order valence-corrected chi connectivity index (χ3v) is 8.32. The smallest absolute Gasteiger partial charge is 0.412 e. The van der Waals surface area contributed by atoms with Crippen LogP contribution in [0.25, 0.3) is 28.2 Å². The molecule has 254 valence electrons. The molecule has 0 saturated carbocycles. The molecule has 0 heterocycles. The van der Waals surface area contributed by atoms with Gasteiger partial charge in [-0.25, -0.2) is 4.79 Å². The molecular weight excluding hydrogens is 618 g/mol. The van der Waals surface area contributed by atoms with E-state index in [2.05, 4.69) is 5.32 Å². The standard InChI is InChI=1S/C37H41NO10/c1-9-11-24(39)47-14-22-29-20(25(16(3)4)35(44)31(22)40)12-18(7)27(33(29)42)28-19(8)13-21-26(17(5)6)36(45)32(41)23(30(21)34(28)43)15-48-37(46)38-10-2/h12-17,41-43,45H,9-11H2,1-8H3,(H,38,46)/b22-14-,23-15-,28-27?. The molecule has 48 heavy (non-hydrogen) atoms. The van der Waals surface area contributed by atoms with Crippen molar-refractivity contribution in [3.8, 4) is 23.0 Å². The summed E-state index contributed by atoms with van der Waals surface area (Å²) in [5.41, 5.74) is 1.05. The number of aryl methyl sites for hydroxylation is 2. The molecule has 3 aromatic rings. The number of rotatable bonds is 7. The number of carbonyl (C=O) groups excluding carboxylic acids is 4. The number of hydrogen-bond acceptors (Lipinski definition) is 10. The number of phenolic OH excluding ortho intramolecular Hbond substituents is 4. The van der Waals surface area contributed by atoms with Crippen molar-refractivity contribution in [2.75, 3.05) is 6.54 Å². The van der Waals surface area contributed by atoms with E-state index in [-0.39, 0.29) is 61.9 Å². The molecule has 11 heteroatoms. The number of phenols is 4. The van der Waals surface area contributed by atoms with Crippen LogP contribution < -0.4 is 15.8 Å². The molecule has 3 aromatic carbocycles. The van der Waals surface area contributed by atoms with Crippen molar-refractivity contribution in [2.45, 2.75) is 74.1 Å². The summed E-state index contributed by atoms with van der Waals surface area (Å²) < 4.78 is 10.4. The molecule has 0 saturated heterocycles. The number of hydrogen-bond donors (Lipinski definition) is 5. The fraction of sp³-hybridized carbons (Fsp3) is 0.351. The van der Waals surface area contributed by atoms with Crippen molar-refractivity contribution in [3.63, 3.8) is 0 Å². The minimum Gasteiger partial charge on any atom is -0.507 e. The molecule has 1 amide bonds. The average Bonchev–Trinajstić information content (AvgIpc) is 2.99. The number of ether oxygens (including phenoxy) is 2. The Bertz CT molecular complexity index is 2140. The highest BCUT2D eigenvalue weighted by molar-refractivity contribution is 6.65. The molecule has 0 atom stereocenters. The van der Waals surface area contributed by atoms with E-state index in [4.69, 9.17) is 9.47 Å². The van der Waals surface area contributed by atoms with E-state index in [1.807, 2.05) is 0 Å². The van der Waals surface area contributed by atoms with Gasteiger partial charge in [0.2, 0.25) is 11.6 Å². The SMILES string of the molecule is CCCC(=O)O/C=C1\C(=O)C(=O)C(C(C)C)=c2cc(C)c(=c3c(C)cc4c(C(C)C)c(O)c(O)/c(=C\OC(=O)NCC)c4c3O)c(O)c21. The maximum absolute atomic E-state index is 13.5. The fourth-order valence-electron chi connectivity index (χ4n) is 6.25. The summed E-state index contributed by atoms with van der Waals surface area (Å²) in [6.45, 7) is 14.2. The average molecular weight is 660 g/mol. The molecule has 11 nitrogen and oxygen atoms in total. The Morgan fingerprint density at radius 3 is 2.02 bits per heavy atom. The summed E-state index contributed by atoms with van der Waals surface area (Å²) in [5, 5.41) is 49.4. The van der Waals surface area contributed by atoms with Gasteiger partial charge in [-0.15, -0.1) is 0 Å².